The highest BCUT2D eigenvalue weighted by Crippen LogP contribution is 2.20. The van der Waals surface area contributed by atoms with Gasteiger partial charge in [-0.05, 0) is 12.8 Å². The van der Waals surface area contributed by atoms with Crippen molar-refractivity contribution in [3.05, 3.63) is 0 Å². The summed E-state index contributed by atoms with van der Waals surface area (Å²) in [5, 5.41) is 0. The third-order valence-corrected chi connectivity index (χ3v) is 4.66. The van der Waals surface area contributed by atoms with Gasteiger partial charge in [-0.1, -0.05) is 0 Å². The first-order chi connectivity index (χ1) is 8.01. The van der Waals surface area contributed by atoms with E-state index in [-0.39, 0.29) is 30.8 Å². The van der Waals surface area contributed by atoms with Gasteiger partial charge in [-0.15, -0.1) is 0 Å². The molecule has 1 aliphatic rings. The van der Waals surface area contributed by atoms with Crippen LogP contribution in [0, 0.1) is 5.92 Å². The van der Waals surface area contributed by atoms with E-state index < -0.39 is 10.0 Å². The molecule has 1 fully saturated rings. The Morgan fingerprint density at radius 1 is 1.41 bits per heavy atom. The number of carbonyl (C=O) groups excluding carboxylic acids is 1. The van der Waals surface area contributed by atoms with Crippen molar-refractivity contribution in [2.24, 2.45) is 5.92 Å². The number of rotatable bonds is 5. The zero-order chi connectivity index (χ0) is 12.9. The molecule has 6 nitrogen and oxygen atoms in total. The van der Waals surface area contributed by atoms with Gasteiger partial charge < -0.3 is 9.47 Å². The molecule has 1 atom stereocenters. The lowest BCUT2D eigenvalue weighted by molar-refractivity contribution is -0.146. The predicted octanol–water partition coefficient (Wildman–Crippen LogP) is -0.152. The summed E-state index contributed by atoms with van der Waals surface area (Å²) in [6, 6.07) is 0. The van der Waals surface area contributed by atoms with Crippen LogP contribution < -0.4 is 0 Å². The average molecular weight is 265 g/mol. The van der Waals surface area contributed by atoms with E-state index in [1.807, 2.05) is 0 Å². The van der Waals surface area contributed by atoms with Crippen LogP contribution in [0.1, 0.15) is 12.8 Å². The summed E-state index contributed by atoms with van der Waals surface area (Å²) in [4.78, 5) is 11.4. The Balaban J connectivity index is 2.63. The van der Waals surface area contributed by atoms with E-state index in [9.17, 15) is 13.2 Å². The highest BCUT2D eigenvalue weighted by molar-refractivity contribution is 7.89. The van der Waals surface area contributed by atoms with Crippen molar-refractivity contribution in [1.29, 1.82) is 0 Å². The largest absolute Gasteiger partial charge is 0.469 e. The number of hydrogen-bond acceptors (Lipinski definition) is 5. The van der Waals surface area contributed by atoms with Crippen LogP contribution in [-0.4, -0.2) is 58.4 Å². The fourth-order valence-corrected chi connectivity index (χ4v) is 3.32. The maximum atomic E-state index is 11.9. The molecular formula is C10H19NO5S. The number of piperidine rings is 1. The smallest absolute Gasteiger partial charge is 0.309 e. The van der Waals surface area contributed by atoms with Gasteiger partial charge in [-0.25, -0.2) is 12.7 Å². The summed E-state index contributed by atoms with van der Waals surface area (Å²) >= 11 is 0. The summed E-state index contributed by atoms with van der Waals surface area (Å²) in [5.41, 5.74) is 0. The van der Waals surface area contributed by atoms with Gasteiger partial charge in [-0.2, -0.15) is 0 Å². The van der Waals surface area contributed by atoms with E-state index >= 15 is 0 Å². The molecule has 0 unspecified atom stereocenters. The van der Waals surface area contributed by atoms with Gasteiger partial charge in [-0.3, -0.25) is 4.79 Å². The molecular weight excluding hydrogens is 246 g/mol. The minimum absolute atomic E-state index is 0.0443. The number of sulfonamides is 1. The fraction of sp³-hybridized carbons (Fsp3) is 0.900. The Hall–Kier alpha value is -0.660. The molecule has 100 valence electrons. The third-order valence-electron chi connectivity index (χ3n) is 2.86. The lowest BCUT2D eigenvalue weighted by atomic mass is 10.0. The molecule has 1 saturated heterocycles. The van der Waals surface area contributed by atoms with Gasteiger partial charge >= 0.3 is 5.97 Å². The van der Waals surface area contributed by atoms with Crippen LogP contribution in [-0.2, 0) is 24.3 Å². The Kier molecular flexibility index (Phi) is 5.35. The van der Waals surface area contributed by atoms with Crippen LogP contribution in [0.15, 0.2) is 0 Å². The van der Waals surface area contributed by atoms with E-state index in [2.05, 4.69) is 4.74 Å². The molecule has 1 heterocycles. The normalized spacial score (nSPS) is 22.4. The zero-order valence-electron chi connectivity index (χ0n) is 10.2. The Labute approximate surface area is 102 Å². The summed E-state index contributed by atoms with van der Waals surface area (Å²) in [5.74, 6) is -0.722. The quantitative estimate of drug-likeness (QED) is 0.646. The molecule has 0 radical (unpaired) electrons. The molecule has 0 saturated carbocycles. The molecule has 1 aliphatic heterocycles. The number of hydrogen-bond donors (Lipinski definition) is 0. The Bertz CT molecular complexity index is 354. The van der Waals surface area contributed by atoms with Crippen molar-refractivity contribution in [1.82, 2.24) is 4.31 Å². The van der Waals surface area contributed by atoms with Crippen molar-refractivity contribution in [2.45, 2.75) is 12.8 Å². The number of nitrogens with zero attached hydrogens (tertiary/aromatic N) is 1. The highest BCUT2D eigenvalue weighted by atomic mass is 32.2. The number of methoxy groups -OCH3 is 2. The average Bonchev–Trinajstić information content (AvgIpc) is 2.35. The second kappa shape index (κ2) is 6.32. The predicted molar refractivity (Wildman–Crippen MR) is 62.0 cm³/mol. The SMILES string of the molecule is COCCS(=O)(=O)N1CCC[C@H](C(=O)OC)C1. The molecule has 0 aromatic heterocycles. The van der Waals surface area contributed by atoms with E-state index in [1.165, 1.54) is 18.5 Å². The minimum atomic E-state index is -3.32. The first-order valence-electron chi connectivity index (χ1n) is 5.56. The topological polar surface area (TPSA) is 72.9 Å². The molecule has 0 N–H and O–H groups in total. The van der Waals surface area contributed by atoms with Crippen LogP contribution in [0.25, 0.3) is 0 Å². The Morgan fingerprint density at radius 3 is 2.71 bits per heavy atom. The van der Waals surface area contributed by atoms with Crippen molar-refractivity contribution in [3.63, 3.8) is 0 Å². The molecule has 0 bridgehead atoms. The first-order valence-corrected chi connectivity index (χ1v) is 7.16. The van der Waals surface area contributed by atoms with E-state index in [4.69, 9.17) is 4.74 Å². The zero-order valence-corrected chi connectivity index (χ0v) is 11.0. The van der Waals surface area contributed by atoms with Gasteiger partial charge in [0.1, 0.15) is 0 Å². The summed E-state index contributed by atoms with van der Waals surface area (Å²) < 4.78 is 34.6. The van der Waals surface area contributed by atoms with Crippen molar-refractivity contribution in [3.8, 4) is 0 Å². The molecule has 0 aromatic carbocycles. The van der Waals surface area contributed by atoms with Gasteiger partial charge in [0.2, 0.25) is 10.0 Å². The van der Waals surface area contributed by atoms with Crippen molar-refractivity contribution >= 4 is 16.0 Å². The first kappa shape index (κ1) is 14.4. The molecule has 0 aliphatic carbocycles. The molecule has 17 heavy (non-hydrogen) atoms. The Morgan fingerprint density at radius 2 is 2.12 bits per heavy atom. The third kappa shape index (κ3) is 3.93. The van der Waals surface area contributed by atoms with E-state index in [1.54, 1.807) is 0 Å². The molecule has 1 rings (SSSR count). The van der Waals surface area contributed by atoms with Gasteiger partial charge in [0.25, 0.3) is 0 Å². The lowest BCUT2D eigenvalue weighted by Crippen LogP contribution is -2.44. The van der Waals surface area contributed by atoms with Crippen LogP contribution in [0.2, 0.25) is 0 Å². The monoisotopic (exact) mass is 265 g/mol. The summed E-state index contributed by atoms with van der Waals surface area (Å²) in [7, 11) is -0.538. The fourth-order valence-electron chi connectivity index (χ4n) is 1.87. The molecule has 0 aromatic rings. The maximum Gasteiger partial charge on any atom is 0.309 e. The van der Waals surface area contributed by atoms with Crippen LogP contribution in [0.3, 0.4) is 0 Å². The highest BCUT2D eigenvalue weighted by Gasteiger charge is 2.32. The molecule has 7 heteroatoms. The number of carbonyl (C=O) groups is 1. The number of esters is 1. The van der Waals surface area contributed by atoms with Crippen LogP contribution >= 0.6 is 0 Å². The standard InChI is InChI=1S/C10H19NO5S/c1-15-6-7-17(13,14)11-5-3-4-9(8-11)10(12)16-2/h9H,3-8H2,1-2H3/t9-/m0/s1. The molecule has 0 amide bonds. The van der Waals surface area contributed by atoms with Crippen LogP contribution in [0.5, 0.6) is 0 Å². The summed E-state index contributed by atoms with van der Waals surface area (Å²) in [6.45, 7) is 0.861. The molecule has 0 spiro atoms. The van der Waals surface area contributed by atoms with Crippen molar-refractivity contribution in [2.75, 3.05) is 39.7 Å². The second-order valence-electron chi connectivity index (χ2n) is 4.03. The maximum absolute atomic E-state index is 11.9. The van der Waals surface area contributed by atoms with Crippen molar-refractivity contribution < 1.29 is 22.7 Å². The van der Waals surface area contributed by atoms with Gasteiger partial charge in [0.05, 0.1) is 25.4 Å². The van der Waals surface area contributed by atoms with Gasteiger partial charge in [0.15, 0.2) is 0 Å². The minimum Gasteiger partial charge on any atom is -0.469 e. The number of ether oxygens (including phenoxy) is 2. The second-order valence-corrected chi connectivity index (χ2v) is 6.12. The van der Waals surface area contributed by atoms with Crippen LogP contribution in [0.4, 0.5) is 0 Å². The lowest BCUT2D eigenvalue weighted by Gasteiger charge is -2.30. The van der Waals surface area contributed by atoms with E-state index in [0.29, 0.717) is 19.4 Å². The van der Waals surface area contributed by atoms with Gasteiger partial charge in [0, 0.05) is 20.2 Å². The van der Waals surface area contributed by atoms with E-state index in [0.717, 1.165) is 0 Å². The summed E-state index contributed by atoms with van der Waals surface area (Å²) in [6.07, 6.45) is 1.37.